The van der Waals surface area contributed by atoms with Crippen LogP contribution in [0.25, 0.3) is 11.3 Å². The average Bonchev–Trinajstić information content (AvgIpc) is 3.34. The molecule has 3 heterocycles. The van der Waals surface area contributed by atoms with Crippen LogP contribution < -0.4 is 20.7 Å². The van der Waals surface area contributed by atoms with Gasteiger partial charge in [0, 0.05) is 56.4 Å². The number of amides is 1. The number of aryl methyl sites for hydroxylation is 2. The maximum Gasteiger partial charge on any atom is 0.267 e. The summed E-state index contributed by atoms with van der Waals surface area (Å²) in [7, 11) is 3.91. The second-order valence-electron chi connectivity index (χ2n) is 8.73. The Bertz CT molecular complexity index is 1240. The highest BCUT2D eigenvalue weighted by Gasteiger charge is 2.24. The van der Waals surface area contributed by atoms with E-state index in [2.05, 4.69) is 20.3 Å². The SMILES string of the molecule is CN(C)c1ccc(NC(=O)Cn2nc3c(cc2=O)CCc2nc(N4CCCC4)ncc2-3)cc1. The number of carbonyl (C=O) groups excluding carboxylic acids is 1. The van der Waals surface area contributed by atoms with Crippen molar-refractivity contribution in [2.75, 3.05) is 42.3 Å². The molecule has 2 aromatic heterocycles. The fourth-order valence-corrected chi connectivity index (χ4v) is 4.35. The zero-order chi connectivity index (χ0) is 22.9. The van der Waals surface area contributed by atoms with Crippen LogP contribution in [0.3, 0.4) is 0 Å². The number of rotatable bonds is 5. The molecule has 1 fully saturated rings. The molecular formula is C24H27N7O2. The Kier molecular flexibility index (Phi) is 5.53. The molecular weight excluding hydrogens is 418 g/mol. The van der Waals surface area contributed by atoms with Crippen molar-refractivity contribution in [2.45, 2.75) is 32.2 Å². The van der Waals surface area contributed by atoms with E-state index in [4.69, 9.17) is 4.98 Å². The summed E-state index contributed by atoms with van der Waals surface area (Å²) in [5.74, 6) is 0.460. The molecule has 0 spiro atoms. The number of fused-ring (bicyclic) bond motifs is 3. The van der Waals surface area contributed by atoms with Gasteiger partial charge in [0.1, 0.15) is 6.54 Å². The molecule has 0 bridgehead atoms. The monoisotopic (exact) mass is 445 g/mol. The Morgan fingerprint density at radius 2 is 1.88 bits per heavy atom. The van der Waals surface area contributed by atoms with Crippen molar-refractivity contribution in [2.24, 2.45) is 0 Å². The molecule has 1 aliphatic carbocycles. The van der Waals surface area contributed by atoms with Crippen molar-refractivity contribution in [3.05, 3.63) is 58.1 Å². The average molecular weight is 446 g/mol. The van der Waals surface area contributed by atoms with E-state index in [0.29, 0.717) is 17.8 Å². The van der Waals surface area contributed by atoms with Crippen LogP contribution in [-0.4, -0.2) is 52.8 Å². The maximum absolute atomic E-state index is 12.6. The molecule has 0 atom stereocenters. The van der Waals surface area contributed by atoms with E-state index in [1.807, 2.05) is 49.5 Å². The summed E-state index contributed by atoms with van der Waals surface area (Å²) in [6.45, 7) is 1.81. The first-order valence-corrected chi connectivity index (χ1v) is 11.3. The molecule has 3 aromatic rings. The van der Waals surface area contributed by atoms with Gasteiger partial charge in [-0.25, -0.2) is 14.6 Å². The molecule has 2 aliphatic rings. The Balaban J connectivity index is 1.37. The standard InChI is InChI=1S/C24H27N7O2/c1-29(2)18-8-6-17(7-9-18)26-21(32)15-31-22(33)13-16-5-10-20-19(23(16)28-31)14-25-24(27-20)30-11-3-4-12-30/h6-9,13-14H,3-5,10-12,15H2,1-2H3,(H,26,32). The van der Waals surface area contributed by atoms with Crippen LogP contribution in [0.5, 0.6) is 0 Å². The van der Waals surface area contributed by atoms with Gasteiger partial charge < -0.3 is 15.1 Å². The minimum Gasteiger partial charge on any atom is -0.378 e. The quantitative estimate of drug-likeness (QED) is 0.642. The number of benzene rings is 1. The number of nitrogens with zero attached hydrogens (tertiary/aromatic N) is 6. The van der Waals surface area contributed by atoms with E-state index in [-0.39, 0.29) is 18.0 Å². The number of aromatic nitrogens is 4. The molecule has 5 rings (SSSR count). The van der Waals surface area contributed by atoms with Gasteiger partial charge in [0.25, 0.3) is 5.56 Å². The van der Waals surface area contributed by atoms with Crippen LogP contribution >= 0.6 is 0 Å². The van der Waals surface area contributed by atoms with Gasteiger partial charge in [-0.15, -0.1) is 0 Å². The Hall–Kier alpha value is -3.75. The highest BCUT2D eigenvalue weighted by Crippen LogP contribution is 2.30. The normalized spacial score (nSPS) is 14.5. The first-order chi connectivity index (χ1) is 16.0. The van der Waals surface area contributed by atoms with Crippen molar-refractivity contribution in [3.63, 3.8) is 0 Å². The summed E-state index contributed by atoms with van der Waals surface area (Å²) in [6, 6.07) is 9.10. The number of nitrogens with one attached hydrogen (secondary N) is 1. The Labute approximate surface area is 192 Å². The van der Waals surface area contributed by atoms with E-state index < -0.39 is 0 Å². The molecule has 33 heavy (non-hydrogen) atoms. The molecule has 1 aliphatic heterocycles. The number of hydrogen-bond acceptors (Lipinski definition) is 7. The molecule has 170 valence electrons. The van der Waals surface area contributed by atoms with E-state index in [1.165, 1.54) is 17.5 Å². The molecule has 0 radical (unpaired) electrons. The maximum atomic E-state index is 12.6. The van der Waals surface area contributed by atoms with Crippen molar-refractivity contribution in [1.82, 2.24) is 19.7 Å². The van der Waals surface area contributed by atoms with E-state index in [9.17, 15) is 9.59 Å². The minimum atomic E-state index is -0.307. The summed E-state index contributed by atoms with van der Waals surface area (Å²) in [6.07, 6.45) is 5.59. The number of carbonyl (C=O) groups is 1. The first kappa shape index (κ1) is 21.1. The van der Waals surface area contributed by atoms with Gasteiger partial charge in [0.2, 0.25) is 11.9 Å². The third kappa shape index (κ3) is 4.30. The summed E-state index contributed by atoms with van der Waals surface area (Å²) in [4.78, 5) is 38.8. The van der Waals surface area contributed by atoms with Crippen LogP contribution in [0.15, 0.2) is 41.3 Å². The van der Waals surface area contributed by atoms with Gasteiger partial charge in [0.05, 0.1) is 11.4 Å². The lowest BCUT2D eigenvalue weighted by molar-refractivity contribution is -0.117. The third-order valence-corrected chi connectivity index (χ3v) is 6.17. The highest BCUT2D eigenvalue weighted by molar-refractivity contribution is 5.90. The van der Waals surface area contributed by atoms with Crippen molar-refractivity contribution >= 4 is 23.2 Å². The fourth-order valence-electron chi connectivity index (χ4n) is 4.35. The van der Waals surface area contributed by atoms with Crippen LogP contribution in [0.1, 0.15) is 24.1 Å². The summed E-state index contributed by atoms with van der Waals surface area (Å²) < 4.78 is 1.21. The second kappa shape index (κ2) is 8.65. The lowest BCUT2D eigenvalue weighted by atomic mass is 9.94. The van der Waals surface area contributed by atoms with Crippen LogP contribution in [0.2, 0.25) is 0 Å². The molecule has 9 nitrogen and oxygen atoms in total. The van der Waals surface area contributed by atoms with Crippen molar-refractivity contribution < 1.29 is 4.79 Å². The largest absolute Gasteiger partial charge is 0.378 e. The van der Waals surface area contributed by atoms with Crippen LogP contribution in [-0.2, 0) is 24.2 Å². The zero-order valence-electron chi connectivity index (χ0n) is 18.9. The van der Waals surface area contributed by atoms with Crippen molar-refractivity contribution in [1.29, 1.82) is 0 Å². The number of anilines is 3. The minimum absolute atomic E-state index is 0.163. The highest BCUT2D eigenvalue weighted by atomic mass is 16.2. The van der Waals surface area contributed by atoms with Crippen molar-refractivity contribution in [3.8, 4) is 11.3 Å². The zero-order valence-corrected chi connectivity index (χ0v) is 18.9. The number of hydrogen-bond donors (Lipinski definition) is 1. The first-order valence-electron chi connectivity index (χ1n) is 11.3. The molecule has 1 amide bonds. The van der Waals surface area contributed by atoms with Gasteiger partial charge in [-0.05, 0) is 55.5 Å². The predicted molar refractivity (Wildman–Crippen MR) is 128 cm³/mol. The molecule has 0 saturated carbocycles. The summed E-state index contributed by atoms with van der Waals surface area (Å²) >= 11 is 0. The molecule has 9 heteroatoms. The van der Waals surface area contributed by atoms with E-state index >= 15 is 0 Å². The van der Waals surface area contributed by atoms with E-state index in [1.54, 1.807) is 6.07 Å². The van der Waals surface area contributed by atoms with Gasteiger partial charge in [-0.3, -0.25) is 9.59 Å². The fraction of sp³-hybridized carbons (Fsp3) is 0.375. The van der Waals surface area contributed by atoms with Crippen LogP contribution in [0.4, 0.5) is 17.3 Å². The summed E-state index contributed by atoms with van der Waals surface area (Å²) in [5, 5.41) is 7.38. The topological polar surface area (TPSA) is 96.2 Å². The Morgan fingerprint density at radius 3 is 2.61 bits per heavy atom. The predicted octanol–water partition coefficient (Wildman–Crippen LogP) is 2.10. The van der Waals surface area contributed by atoms with Crippen LogP contribution in [0, 0.1) is 0 Å². The smallest absolute Gasteiger partial charge is 0.267 e. The molecule has 1 saturated heterocycles. The molecule has 1 aromatic carbocycles. The second-order valence-corrected chi connectivity index (χ2v) is 8.73. The van der Waals surface area contributed by atoms with Gasteiger partial charge >= 0.3 is 0 Å². The Morgan fingerprint density at radius 1 is 1.12 bits per heavy atom. The van der Waals surface area contributed by atoms with Gasteiger partial charge in [0.15, 0.2) is 0 Å². The third-order valence-electron chi connectivity index (χ3n) is 6.17. The van der Waals surface area contributed by atoms with E-state index in [0.717, 1.165) is 48.0 Å². The lowest BCUT2D eigenvalue weighted by Crippen LogP contribution is -2.31. The lowest BCUT2D eigenvalue weighted by Gasteiger charge is -2.21. The van der Waals surface area contributed by atoms with Gasteiger partial charge in [-0.2, -0.15) is 5.10 Å². The van der Waals surface area contributed by atoms with Gasteiger partial charge in [-0.1, -0.05) is 0 Å². The molecule has 0 unspecified atom stereocenters. The summed E-state index contributed by atoms with van der Waals surface area (Å²) in [5.41, 5.74) is 4.77. The molecule has 1 N–H and O–H groups in total.